The van der Waals surface area contributed by atoms with Crippen molar-refractivity contribution < 1.29 is 4.79 Å². The van der Waals surface area contributed by atoms with Crippen molar-refractivity contribution in [2.75, 3.05) is 0 Å². The van der Waals surface area contributed by atoms with Crippen LogP contribution in [0.15, 0.2) is 12.1 Å². The molecule has 0 saturated carbocycles. The fourth-order valence-corrected chi connectivity index (χ4v) is 2.12. The SMILES string of the molecule is Cc1cc(C)c(C(=O)CC(C)(C)N)c(C)c1. The van der Waals surface area contributed by atoms with Gasteiger partial charge in [0.15, 0.2) is 5.78 Å². The molecule has 1 rings (SSSR count). The third kappa shape index (κ3) is 3.17. The summed E-state index contributed by atoms with van der Waals surface area (Å²) in [7, 11) is 0. The van der Waals surface area contributed by atoms with Crippen molar-refractivity contribution in [2.45, 2.75) is 46.6 Å². The predicted octanol–water partition coefficient (Wildman–Crippen LogP) is 2.92. The van der Waals surface area contributed by atoms with Gasteiger partial charge in [-0.05, 0) is 45.7 Å². The number of Topliss-reactive ketones (excluding diaryl/α,β-unsaturated/α-hetero) is 1. The average molecular weight is 219 g/mol. The Morgan fingerprint density at radius 3 is 2.00 bits per heavy atom. The molecular weight excluding hydrogens is 198 g/mol. The summed E-state index contributed by atoms with van der Waals surface area (Å²) in [4.78, 5) is 12.1. The third-order valence-corrected chi connectivity index (χ3v) is 2.57. The van der Waals surface area contributed by atoms with Crippen LogP contribution in [0.5, 0.6) is 0 Å². The van der Waals surface area contributed by atoms with Crippen LogP contribution in [0.3, 0.4) is 0 Å². The molecule has 88 valence electrons. The maximum atomic E-state index is 12.1. The van der Waals surface area contributed by atoms with Crippen LogP contribution in [0.1, 0.15) is 47.3 Å². The zero-order valence-electron chi connectivity index (χ0n) is 10.8. The lowest BCUT2D eigenvalue weighted by Crippen LogP contribution is -2.35. The molecule has 0 aromatic heterocycles. The van der Waals surface area contributed by atoms with E-state index in [0.29, 0.717) is 6.42 Å². The van der Waals surface area contributed by atoms with Gasteiger partial charge in [0.25, 0.3) is 0 Å². The minimum Gasteiger partial charge on any atom is -0.325 e. The van der Waals surface area contributed by atoms with Gasteiger partial charge in [0.2, 0.25) is 0 Å². The molecule has 2 N–H and O–H groups in total. The molecule has 0 aliphatic heterocycles. The third-order valence-electron chi connectivity index (χ3n) is 2.57. The number of rotatable bonds is 3. The first-order valence-corrected chi connectivity index (χ1v) is 5.60. The van der Waals surface area contributed by atoms with Gasteiger partial charge >= 0.3 is 0 Å². The molecule has 1 aromatic carbocycles. The molecule has 0 spiro atoms. The van der Waals surface area contributed by atoms with Crippen molar-refractivity contribution in [3.8, 4) is 0 Å². The molecule has 2 nitrogen and oxygen atoms in total. The molecule has 0 aliphatic rings. The number of ketones is 1. The van der Waals surface area contributed by atoms with Gasteiger partial charge in [0, 0.05) is 17.5 Å². The summed E-state index contributed by atoms with van der Waals surface area (Å²) in [5.41, 5.74) is 9.57. The van der Waals surface area contributed by atoms with E-state index in [-0.39, 0.29) is 5.78 Å². The summed E-state index contributed by atoms with van der Waals surface area (Å²) >= 11 is 0. The van der Waals surface area contributed by atoms with Crippen molar-refractivity contribution in [3.63, 3.8) is 0 Å². The molecular formula is C14H21NO. The Bertz CT molecular complexity index is 390. The Morgan fingerprint density at radius 1 is 1.19 bits per heavy atom. The van der Waals surface area contributed by atoms with Crippen LogP contribution in [0.25, 0.3) is 0 Å². The number of nitrogens with two attached hydrogens (primary N) is 1. The van der Waals surface area contributed by atoms with Gasteiger partial charge < -0.3 is 5.73 Å². The van der Waals surface area contributed by atoms with E-state index in [1.165, 1.54) is 5.56 Å². The summed E-state index contributed by atoms with van der Waals surface area (Å²) in [6.45, 7) is 9.77. The fourth-order valence-electron chi connectivity index (χ4n) is 2.12. The second kappa shape index (κ2) is 4.38. The lowest BCUT2D eigenvalue weighted by atomic mass is 9.90. The number of benzene rings is 1. The van der Waals surface area contributed by atoms with E-state index in [0.717, 1.165) is 16.7 Å². The Morgan fingerprint density at radius 2 is 1.62 bits per heavy atom. The molecule has 0 fully saturated rings. The van der Waals surface area contributed by atoms with Crippen LogP contribution in [0.2, 0.25) is 0 Å². The van der Waals surface area contributed by atoms with E-state index < -0.39 is 5.54 Å². The van der Waals surface area contributed by atoms with E-state index in [1.54, 1.807) is 0 Å². The van der Waals surface area contributed by atoms with Crippen LogP contribution in [-0.2, 0) is 0 Å². The Balaban J connectivity index is 3.10. The fraction of sp³-hybridized carbons (Fsp3) is 0.500. The topological polar surface area (TPSA) is 43.1 Å². The monoisotopic (exact) mass is 219 g/mol. The number of aryl methyl sites for hydroxylation is 3. The second-order valence-corrected chi connectivity index (χ2v) is 5.36. The van der Waals surface area contributed by atoms with Gasteiger partial charge in [-0.3, -0.25) is 4.79 Å². The van der Waals surface area contributed by atoms with Crippen LogP contribution in [0.4, 0.5) is 0 Å². The van der Waals surface area contributed by atoms with Crippen LogP contribution < -0.4 is 5.73 Å². The molecule has 0 atom stereocenters. The van der Waals surface area contributed by atoms with Crippen LogP contribution in [-0.4, -0.2) is 11.3 Å². The van der Waals surface area contributed by atoms with Gasteiger partial charge in [0.1, 0.15) is 0 Å². The number of hydrogen-bond acceptors (Lipinski definition) is 2. The number of hydrogen-bond donors (Lipinski definition) is 1. The van der Waals surface area contributed by atoms with Gasteiger partial charge in [-0.1, -0.05) is 17.7 Å². The molecule has 0 aliphatic carbocycles. The summed E-state index contributed by atoms with van der Waals surface area (Å²) in [6, 6.07) is 4.09. The van der Waals surface area contributed by atoms with E-state index in [4.69, 9.17) is 5.73 Å². The summed E-state index contributed by atoms with van der Waals surface area (Å²) in [6.07, 6.45) is 0.387. The predicted molar refractivity (Wildman–Crippen MR) is 67.9 cm³/mol. The molecule has 0 radical (unpaired) electrons. The van der Waals surface area contributed by atoms with Crippen molar-refractivity contribution in [1.29, 1.82) is 0 Å². The Labute approximate surface area is 97.9 Å². The average Bonchev–Trinajstić information content (AvgIpc) is 1.96. The highest BCUT2D eigenvalue weighted by Gasteiger charge is 2.20. The molecule has 0 heterocycles. The van der Waals surface area contributed by atoms with Gasteiger partial charge in [-0.15, -0.1) is 0 Å². The summed E-state index contributed by atoms with van der Waals surface area (Å²) < 4.78 is 0. The second-order valence-electron chi connectivity index (χ2n) is 5.36. The van der Waals surface area contributed by atoms with Crippen molar-refractivity contribution in [2.24, 2.45) is 5.73 Å². The first kappa shape index (κ1) is 12.9. The van der Waals surface area contributed by atoms with Crippen molar-refractivity contribution in [3.05, 3.63) is 34.4 Å². The van der Waals surface area contributed by atoms with E-state index >= 15 is 0 Å². The van der Waals surface area contributed by atoms with Crippen LogP contribution in [0, 0.1) is 20.8 Å². The lowest BCUT2D eigenvalue weighted by molar-refractivity contribution is 0.0959. The highest BCUT2D eigenvalue weighted by molar-refractivity contribution is 5.99. The first-order valence-electron chi connectivity index (χ1n) is 5.60. The molecule has 0 amide bonds. The van der Waals surface area contributed by atoms with Crippen molar-refractivity contribution in [1.82, 2.24) is 0 Å². The molecule has 1 aromatic rings. The Kier molecular flexibility index (Phi) is 3.54. The summed E-state index contributed by atoms with van der Waals surface area (Å²) in [5.74, 6) is 0.141. The number of carbonyl (C=O) groups is 1. The molecule has 0 bridgehead atoms. The van der Waals surface area contributed by atoms with Gasteiger partial charge in [-0.25, -0.2) is 0 Å². The van der Waals surface area contributed by atoms with Gasteiger partial charge in [0.05, 0.1) is 0 Å². The molecule has 16 heavy (non-hydrogen) atoms. The zero-order chi connectivity index (χ0) is 12.5. The van der Waals surface area contributed by atoms with Crippen molar-refractivity contribution >= 4 is 5.78 Å². The maximum absolute atomic E-state index is 12.1. The van der Waals surface area contributed by atoms with E-state index in [1.807, 2.05) is 46.8 Å². The van der Waals surface area contributed by atoms with Gasteiger partial charge in [-0.2, -0.15) is 0 Å². The largest absolute Gasteiger partial charge is 0.325 e. The van der Waals surface area contributed by atoms with E-state index in [9.17, 15) is 4.79 Å². The molecule has 2 heteroatoms. The Hall–Kier alpha value is -1.15. The minimum atomic E-state index is -0.444. The summed E-state index contributed by atoms with van der Waals surface area (Å²) in [5, 5.41) is 0. The zero-order valence-corrected chi connectivity index (χ0v) is 10.8. The minimum absolute atomic E-state index is 0.141. The normalized spacial score (nSPS) is 11.6. The van der Waals surface area contributed by atoms with E-state index in [2.05, 4.69) is 0 Å². The first-order chi connectivity index (χ1) is 7.20. The quantitative estimate of drug-likeness (QED) is 0.794. The highest BCUT2D eigenvalue weighted by Crippen LogP contribution is 2.20. The maximum Gasteiger partial charge on any atom is 0.165 e. The smallest absolute Gasteiger partial charge is 0.165 e. The lowest BCUT2D eigenvalue weighted by Gasteiger charge is -2.19. The number of carbonyl (C=O) groups excluding carboxylic acids is 1. The standard InChI is InChI=1S/C14H21NO/c1-9-6-10(2)13(11(3)7-9)12(16)8-14(4,5)15/h6-7H,8,15H2,1-5H3. The molecule has 0 saturated heterocycles. The highest BCUT2D eigenvalue weighted by atomic mass is 16.1. The van der Waals surface area contributed by atoms with Crippen LogP contribution >= 0.6 is 0 Å². The molecule has 0 unspecified atom stereocenters.